The smallest absolute Gasteiger partial charge is 0.226 e. The van der Waals surface area contributed by atoms with Crippen LogP contribution in [0.3, 0.4) is 0 Å². The number of halogens is 1. The Hall–Kier alpha value is -1.06. The summed E-state index contributed by atoms with van der Waals surface area (Å²) >= 11 is 5.87. The van der Waals surface area contributed by atoms with Gasteiger partial charge in [-0.1, -0.05) is 30.7 Å². The molecule has 2 rings (SSSR count). The van der Waals surface area contributed by atoms with E-state index in [0.717, 1.165) is 31.2 Å². The Labute approximate surface area is 119 Å². The molecule has 0 radical (unpaired) electrons. The Kier molecular flexibility index (Phi) is 4.83. The van der Waals surface area contributed by atoms with Crippen LogP contribution in [0.25, 0.3) is 0 Å². The lowest BCUT2D eigenvalue weighted by Gasteiger charge is -2.21. The topological polar surface area (TPSA) is 49.3 Å². The number of hydrogen-bond donors (Lipinski definition) is 2. The number of carbonyl (C=O) groups excluding carboxylic acids is 1. The van der Waals surface area contributed by atoms with E-state index in [-0.39, 0.29) is 17.9 Å². The standard InChI is InChI=1S/C15H20ClNO2/c1-2-13(10-6-8-11(16)9-7-10)17-15(19)12-4-3-5-14(12)18/h6-9,12-14,18H,2-5H2,1H3,(H,17,19). The van der Waals surface area contributed by atoms with Crippen LogP contribution in [0.1, 0.15) is 44.2 Å². The molecule has 104 valence electrons. The molecule has 3 nitrogen and oxygen atoms in total. The molecule has 3 atom stereocenters. The fourth-order valence-electron chi connectivity index (χ4n) is 2.64. The first-order valence-electron chi connectivity index (χ1n) is 6.85. The molecule has 19 heavy (non-hydrogen) atoms. The number of hydrogen-bond acceptors (Lipinski definition) is 2. The lowest BCUT2D eigenvalue weighted by atomic mass is 10.0. The van der Waals surface area contributed by atoms with Crippen LogP contribution in [0.15, 0.2) is 24.3 Å². The molecule has 0 bridgehead atoms. The number of amides is 1. The first-order valence-corrected chi connectivity index (χ1v) is 7.23. The van der Waals surface area contributed by atoms with Gasteiger partial charge in [-0.2, -0.15) is 0 Å². The van der Waals surface area contributed by atoms with Crippen molar-refractivity contribution in [2.45, 2.75) is 44.8 Å². The van der Waals surface area contributed by atoms with Crippen LogP contribution < -0.4 is 5.32 Å². The second-order valence-electron chi connectivity index (χ2n) is 5.13. The van der Waals surface area contributed by atoms with Crippen molar-refractivity contribution in [3.63, 3.8) is 0 Å². The van der Waals surface area contributed by atoms with Crippen LogP contribution in [0, 0.1) is 5.92 Å². The summed E-state index contributed by atoms with van der Waals surface area (Å²) in [6.07, 6.45) is 2.77. The molecule has 0 spiro atoms. The molecule has 2 N–H and O–H groups in total. The molecular weight excluding hydrogens is 262 g/mol. The molecule has 0 aliphatic heterocycles. The highest BCUT2D eigenvalue weighted by molar-refractivity contribution is 6.30. The van der Waals surface area contributed by atoms with Crippen LogP contribution in [0.2, 0.25) is 5.02 Å². The van der Waals surface area contributed by atoms with Gasteiger partial charge in [-0.25, -0.2) is 0 Å². The number of rotatable bonds is 4. The fourth-order valence-corrected chi connectivity index (χ4v) is 2.77. The highest BCUT2D eigenvalue weighted by atomic mass is 35.5. The summed E-state index contributed by atoms with van der Waals surface area (Å²) in [4.78, 5) is 12.2. The highest BCUT2D eigenvalue weighted by Crippen LogP contribution is 2.27. The van der Waals surface area contributed by atoms with Crippen LogP contribution in [-0.2, 0) is 4.79 Å². The summed E-state index contributed by atoms with van der Waals surface area (Å²) in [6, 6.07) is 7.51. The van der Waals surface area contributed by atoms with Crippen molar-refractivity contribution in [1.29, 1.82) is 0 Å². The van der Waals surface area contributed by atoms with Gasteiger partial charge in [-0.05, 0) is 43.4 Å². The molecule has 3 unspecified atom stereocenters. The number of nitrogens with one attached hydrogen (secondary N) is 1. The monoisotopic (exact) mass is 281 g/mol. The largest absolute Gasteiger partial charge is 0.392 e. The zero-order valence-corrected chi connectivity index (χ0v) is 11.9. The molecule has 0 aromatic heterocycles. The van der Waals surface area contributed by atoms with Crippen LogP contribution in [0.4, 0.5) is 0 Å². The Balaban J connectivity index is 2.02. The van der Waals surface area contributed by atoms with Gasteiger partial charge in [0.1, 0.15) is 0 Å². The second kappa shape index (κ2) is 6.40. The number of aliphatic hydroxyl groups is 1. The molecule has 0 saturated heterocycles. The van der Waals surface area contributed by atoms with Crippen molar-refractivity contribution in [2.75, 3.05) is 0 Å². The van der Waals surface area contributed by atoms with Gasteiger partial charge < -0.3 is 10.4 Å². The number of carbonyl (C=O) groups is 1. The second-order valence-corrected chi connectivity index (χ2v) is 5.56. The summed E-state index contributed by atoms with van der Waals surface area (Å²) in [5, 5.41) is 13.5. The molecule has 1 amide bonds. The van der Waals surface area contributed by atoms with Crippen LogP contribution in [-0.4, -0.2) is 17.1 Å². The SMILES string of the molecule is CCC(NC(=O)C1CCCC1O)c1ccc(Cl)cc1. The van der Waals surface area contributed by atoms with E-state index in [9.17, 15) is 9.90 Å². The number of benzene rings is 1. The summed E-state index contributed by atoms with van der Waals surface area (Å²) in [5.41, 5.74) is 1.05. The molecule has 1 aromatic carbocycles. The third-order valence-corrected chi connectivity index (χ3v) is 4.07. The molecule has 1 saturated carbocycles. The van der Waals surface area contributed by atoms with E-state index in [1.54, 1.807) is 0 Å². The van der Waals surface area contributed by atoms with Gasteiger partial charge in [-0.3, -0.25) is 4.79 Å². The van der Waals surface area contributed by atoms with E-state index < -0.39 is 6.10 Å². The van der Waals surface area contributed by atoms with E-state index in [1.165, 1.54) is 0 Å². The van der Waals surface area contributed by atoms with Crippen molar-refractivity contribution in [2.24, 2.45) is 5.92 Å². The lowest BCUT2D eigenvalue weighted by molar-refractivity contribution is -0.128. The Morgan fingerprint density at radius 3 is 2.63 bits per heavy atom. The molecule has 0 heterocycles. The van der Waals surface area contributed by atoms with Crippen LogP contribution in [0.5, 0.6) is 0 Å². The van der Waals surface area contributed by atoms with Crippen molar-refractivity contribution in [1.82, 2.24) is 5.32 Å². The van der Waals surface area contributed by atoms with E-state index in [4.69, 9.17) is 11.6 Å². The predicted molar refractivity (Wildman–Crippen MR) is 76.0 cm³/mol. The quantitative estimate of drug-likeness (QED) is 0.891. The first kappa shape index (κ1) is 14.4. The minimum atomic E-state index is -0.484. The van der Waals surface area contributed by atoms with Gasteiger partial charge in [0.15, 0.2) is 0 Å². The predicted octanol–water partition coefficient (Wildman–Crippen LogP) is 3.07. The molecule has 1 fully saturated rings. The molecule has 1 aliphatic carbocycles. The number of aliphatic hydroxyl groups excluding tert-OH is 1. The maximum absolute atomic E-state index is 12.2. The average Bonchev–Trinajstić information content (AvgIpc) is 2.83. The summed E-state index contributed by atoms with van der Waals surface area (Å²) in [5.74, 6) is -0.284. The Morgan fingerprint density at radius 1 is 1.42 bits per heavy atom. The minimum absolute atomic E-state index is 0.0161. The van der Waals surface area contributed by atoms with E-state index >= 15 is 0 Å². The summed E-state index contributed by atoms with van der Waals surface area (Å²) in [6.45, 7) is 2.03. The van der Waals surface area contributed by atoms with Gasteiger partial charge in [0.2, 0.25) is 5.91 Å². The van der Waals surface area contributed by atoms with Crippen molar-refractivity contribution in [3.8, 4) is 0 Å². The zero-order chi connectivity index (χ0) is 13.8. The molecular formula is C15H20ClNO2. The van der Waals surface area contributed by atoms with Crippen molar-refractivity contribution < 1.29 is 9.90 Å². The zero-order valence-electron chi connectivity index (χ0n) is 11.1. The molecule has 1 aliphatic rings. The third kappa shape index (κ3) is 3.48. The van der Waals surface area contributed by atoms with E-state index in [0.29, 0.717) is 5.02 Å². The normalized spacial score (nSPS) is 24.2. The average molecular weight is 282 g/mol. The van der Waals surface area contributed by atoms with E-state index in [1.807, 2.05) is 31.2 Å². The van der Waals surface area contributed by atoms with Crippen LogP contribution >= 0.6 is 11.6 Å². The van der Waals surface area contributed by atoms with Gasteiger partial charge in [0.25, 0.3) is 0 Å². The van der Waals surface area contributed by atoms with Gasteiger partial charge >= 0.3 is 0 Å². The Morgan fingerprint density at radius 2 is 2.11 bits per heavy atom. The van der Waals surface area contributed by atoms with Crippen molar-refractivity contribution in [3.05, 3.63) is 34.9 Å². The maximum atomic E-state index is 12.2. The van der Waals surface area contributed by atoms with Gasteiger partial charge in [0.05, 0.1) is 18.1 Å². The van der Waals surface area contributed by atoms with Gasteiger partial charge in [-0.15, -0.1) is 0 Å². The fraction of sp³-hybridized carbons (Fsp3) is 0.533. The highest BCUT2D eigenvalue weighted by Gasteiger charge is 2.32. The van der Waals surface area contributed by atoms with E-state index in [2.05, 4.69) is 5.32 Å². The van der Waals surface area contributed by atoms with Gasteiger partial charge in [0, 0.05) is 5.02 Å². The lowest BCUT2D eigenvalue weighted by Crippen LogP contribution is -2.37. The van der Waals surface area contributed by atoms with Crippen molar-refractivity contribution >= 4 is 17.5 Å². The maximum Gasteiger partial charge on any atom is 0.226 e. The molecule has 4 heteroatoms. The first-order chi connectivity index (χ1) is 9.11. The minimum Gasteiger partial charge on any atom is -0.392 e. The summed E-state index contributed by atoms with van der Waals surface area (Å²) < 4.78 is 0. The Bertz CT molecular complexity index is 432. The molecule has 1 aromatic rings. The summed E-state index contributed by atoms with van der Waals surface area (Å²) in [7, 11) is 0. The third-order valence-electron chi connectivity index (χ3n) is 3.81.